The van der Waals surface area contributed by atoms with E-state index >= 15 is 0 Å². The molecule has 0 radical (unpaired) electrons. The van der Waals surface area contributed by atoms with Crippen LogP contribution in [-0.4, -0.2) is 20.9 Å². The number of allylic oxidation sites excluding steroid dienone is 10. The van der Waals surface area contributed by atoms with E-state index in [-0.39, 0.29) is 12.1 Å². The van der Waals surface area contributed by atoms with Crippen LogP contribution < -0.4 is 9.80 Å². The Morgan fingerprint density at radius 1 is 0.450 bits per heavy atom. The first-order chi connectivity index (χ1) is 29.6. The second kappa shape index (κ2) is 12.9. The highest BCUT2D eigenvalue weighted by Crippen LogP contribution is 2.50. The predicted molar refractivity (Wildman–Crippen MR) is 256 cm³/mol. The van der Waals surface area contributed by atoms with Crippen molar-refractivity contribution in [3.63, 3.8) is 0 Å². The van der Waals surface area contributed by atoms with Gasteiger partial charge in [0.1, 0.15) is 0 Å². The molecule has 290 valence electrons. The fraction of sp³-hybridized carbons (Fsp3) is 0.179. The lowest BCUT2D eigenvalue weighted by Crippen LogP contribution is -2.34. The van der Waals surface area contributed by atoms with Gasteiger partial charge in [-0.1, -0.05) is 135 Å². The average molecular weight is 775 g/mol. The molecule has 4 heterocycles. The molecule has 5 aromatic carbocycles. The molecule has 0 saturated carbocycles. The molecular formula is C56H46N4. The van der Waals surface area contributed by atoms with E-state index in [0.29, 0.717) is 11.8 Å². The van der Waals surface area contributed by atoms with Gasteiger partial charge in [0.15, 0.2) is 0 Å². The predicted octanol–water partition coefficient (Wildman–Crippen LogP) is 14.3. The monoisotopic (exact) mass is 774 g/mol. The normalized spacial score (nSPS) is 21.7. The van der Waals surface area contributed by atoms with Crippen molar-refractivity contribution in [2.45, 2.75) is 51.6 Å². The van der Waals surface area contributed by atoms with E-state index in [1.54, 1.807) is 0 Å². The minimum atomic E-state index is 0.237. The summed E-state index contributed by atoms with van der Waals surface area (Å²) >= 11 is 0. The molecule has 9 aromatic rings. The van der Waals surface area contributed by atoms with Crippen molar-refractivity contribution in [2.24, 2.45) is 11.8 Å². The van der Waals surface area contributed by atoms with Gasteiger partial charge in [-0.15, -0.1) is 0 Å². The lowest BCUT2D eigenvalue weighted by atomic mass is 9.96. The summed E-state index contributed by atoms with van der Waals surface area (Å²) in [5.74, 6) is 0.997. The van der Waals surface area contributed by atoms with Crippen molar-refractivity contribution in [3.8, 4) is 0 Å². The van der Waals surface area contributed by atoms with Crippen molar-refractivity contribution in [1.29, 1.82) is 0 Å². The van der Waals surface area contributed by atoms with Crippen LogP contribution in [0.5, 0.6) is 0 Å². The van der Waals surface area contributed by atoms with Gasteiger partial charge in [-0.05, 0) is 86.1 Å². The van der Waals surface area contributed by atoms with Gasteiger partial charge >= 0.3 is 0 Å². The zero-order valence-electron chi connectivity index (χ0n) is 34.1. The highest BCUT2D eigenvalue weighted by Gasteiger charge is 2.30. The van der Waals surface area contributed by atoms with Crippen LogP contribution in [0.3, 0.4) is 0 Å². The van der Waals surface area contributed by atoms with Crippen molar-refractivity contribution < 1.29 is 0 Å². The summed E-state index contributed by atoms with van der Waals surface area (Å²) in [5, 5.41) is 10.5. The molecule has 0 N–H and O–H groups in total. The van der Waals surface area contributed by atoms with Gasteiger partial charge in [0.2, 0.25) is 0 Å². The molecule has 4 unspecified atom stereocenters. The molecule has 4 aliphatic carbocycles. The van der Waals surface area contributed by atoms with Crippen LogP contribution in [0.25, 0.3) is 76.2 Å². The minimum Gasteiger partial charge on any atom is -0.334 e. The topological polar surface area (TPSA) is 15.3 Å². The Balaban J connectivity index is 1.10. The average Bonchev–Trinajstić information content (AvgIpc) is 4.01. The molecule has 0 fully saturated rings. The van der Waals surface area contributed by atoms with Gasteiger partial charge < -0.3 is 18.6 Å². The Labute approximate surface area is 349 Å². The van der Waals surface area contributed by atoms with Crippen molar-refractivity contribution >= 4 is 87.6 Å². The zero-order valence-corrected chi connectivity index (χ0v) is 34.1. The van der Waals surface area contributed by atoms with E-state index in [9.17, 15) is 0 Å². The fourth-order valence-corrected chi connectivity index (χ4v) is 11.4. The quantitative estimate of drug-likeness (QED) is 0.167. The van der Waals surface area contributed by atoms with Gasteiger partial charge in [-0.3, -0.25) is 0 Å². The molecule has 13 rings (SSSR count). The number of para-hydroxylation sites is 2. The second-order valence-corrected chi connectivity index (χ2v) is 17.7. The largest absolute Gasteiger partial charge is 0.334 e. The Bertz CT molecular complexity index is 3270. The van der Waals surface area contributed by atoms with Gasteiger partial charge in [0, 0.05) is 54.5 Å². The van der Waals surface area contributed by atoms with Crippen LogP contribution in [0.2, 0.25) is 0 Å². The molecule has 60 heavy (non-hydrogen) atoms. The number of anilines is 2. The number of fused-ring (bicyclic) bond motifs is 12. The lowest BCUT2D eigenvalue weighted by molar-refractivity contribution is 0.700. The Morgan fingerprint density at radius 3 is 1.35 bits per heavy atom. The van der Waals surface area contributed by atoms with E-state index in [2.05, 4.69) is 202 Å². The maximum absolute atomic E-state index is 2.62. The third kappa shape index (κ3) is 4.73. The molecular weight excluding hydrogens is 729 g/mol. The van der Waals surface area contributed by atoms with Crippen LogP contribution in [0.1, 0.15) is 39.5 Å². The van der Waals surface area contributed by atoms with Crippen molar-refractivity contribution in [3.05, 3.63) is 181 Å². The first-order valence-electron chi connectivity index (χ1n) is 22.0. The number of rotatable bonds is 6. The van der Waals surface area contributed by atoms with E-state index in [1.165, 1.54) is 99.0 Å². The Morgan fingerprint density at radius 2 is 0.917 bits per heavy atom. The highest BCUT2D eigenvalue weighted by molar-refractivity contribution is 6.31. The molecule has 0 saturated heterocycles. The van der Waals surface area contributed by atoms with Gasteiger partial charge in [-0.2, -0.15) is 0 Å². The summed E-state index contributed by atoms with van der Waals surface area (Å²) in [6, 6.07) is 33.3. The smallest absolute Gasteiger partial charge is 0.0641 e. The molecule has 4 aliphatic rings. The molecule has 0 spiro atoms. The molecule has 0 bridgehead atoms. The number of nitrogens with zero attached hydrogens (tertiary/aromatic N) is 4. The lowest BCUT2D eigenvalue weighted by Gasteiger charge is -2.35. The van der Waals surface area contributed by atoms with Gasteiger partial charge in [-0.25, -0.2) is 0 Å². The molecule has 4 heteroatoms. The SMILES string of the molecule is CC1C=C(N(c2ccc3c4cc5c(cc4n4c6ccccc6c2c34)c2ccc(N(C3=CC(C)CC=C3)C3C=CC=CC3)c3c4ccccc4n5c23)C2C=CC=CC2)C=CC1. The number of aromatic nitrogens is 2. The zero-order chi connectivity index (χ0) is 39.6. The van der Waals surface area contributed by atoms with Crippen molar-refractivity contribution in [2.75, 3.05) is 9.80 Å². The molecule has 4 aromatic heterocycles. The first-order valence-corrected chi connectivity index (χ1v) is 22.0. The third-order valence-electron chi connectivity index (χ3n) is 13.9. The third-order valence-corrected chi connectivity index (χ3v) is 13.9. The second-order valence-electron chi connectivity index (χ2n) is 17.7. The van der Waals surface area contributed by atoms with Crippen LogP contribution >= 0.6 is 0 Å². The van der Waals surface area contributed by atoms with E-state index in [1.807, 2.05) is 0 Å². The molecule has 4 nitrogen and oxygen atoms in total. The van der Waals surface area contributed by atoms with Crippen LogP contribution in [0.15, 0.2) is 181 Å². The summed E-state index contributed by atoms with van der Waals surface area (Å²) in [5.41, 5.74) is 12.8. The summed E-state index contributed by atoms with van der Waals surface area (Å²) in [6.07, 6.45) is 36.7. The van der Waals surface area contributed by atoms with Crippen LogP contribution in [-0.2, 0) is 0 Å². The summed E-state index contributed by atoms with van der Waals surface area (Å²) in [6.45, 7) is 4.67. The van der Waals surface area contributed by atoms with E-state index < -0.39 is 0 Å². The summed E-state index contributed by atoms with van der Waals surface area (Å²) < 4.78 is 5.15. The first kappa shape index (κ1) is 34.1. The summed E-state index contributed by atoms with van der Waals surface area (Å²) in [4.78, 5) is 5.23. The fourth-order valence-electron chi connectivity index (χ4n) is 11.4. The Kier molecular flexibility index (Phi) is 7.31. The van der Waals surface area contributed by atoms with Crippen LogP contribution in [0.4, 0.5) is 11.4 Å². The minimum absolute atomic E-state index is 0.237. The van der Waals surface area contributed by atoms with Crippen LogP contribution in [0, 0.1) is 11.8 Å². The molecule has 4 atom stereocenters. The van der Waals surface area contributed by atoms with Gasteiger partial charge in [0.05, 0.1) is 56.6 Å². The standard InChI is InChI=1S/C56H46N4/c1-35-15-13-21-39(31-35)57(37-17-5-3-6-18-37)49-29-27-41-45-33-52-46(34-51(45)59-47-25-11-9-23-43(47)53(49)55(41)59)42-28-30-50(54-44-24-10-12-26-48(44)60(52)56(42)54)58(38-19-7-4-8-20-38)40-22-14-16-36(2)32-40/h3-14,17,19,21-38H,15-16,18,20H2,1-2H3. The maximum Gasteiger partial charge on any atom is 0.0641 e. The highest BCUT2D eigenvalue weighted by atomic mass is 15.2. The number of hydrogen-bond acceptors (Lipinski definition) is 2. The van der Waals surface area contributed by atoms with E-state index in [0.717, 1.165) is 25.7 Å². The molecule has 0 aliphatic heterocycles. The summed E-state index contributed by atoms with van der Waals surface area (Å²) in [7, 11) is 0. The number of hydrogen-bond donors (Lipinski definition) is 0. The van der Waals surface area contributed by atoms with Gasteiger partial charge in [0.25, 0.3) is 0 Å². The van der Waals surface area contributed by atoms with E-state index in [4.69, 9.17) is 0 Å². The molecule has 0 amide bonds. The van der Waals surface area contributed by atoms with Crippen molar-refractivity contribution in [1.82, 2.24) is 8.80 Å². The Hall–Kier alpha value is -6.78. The maximum atomic E-state index is 2.62. The number of benzene rings is 5.